The van der Waals surface area contributed by atoms with E-state index >= 15 is 0 Å². The molecule has 0 saturated carbocycles. The summed E-state index contributed by atoms with van der Waals surface area (Å²) >= 11 is 0. The van der Waals surface area contributed by atoms with Crippen molar-refractivity contribution in [3.8, 4) is 0 Å². The summed E-state index contributed by atoms with van der Waals surface area (Å²) in [5.74, 6) is -1.22. The van der Waals surface area contributed by atoms with E-state index in [1.807, 2.05) is 0 Å². The Hall–Kier alpha value is -3.88. The van der Waals surface area contributed by atoms with Crippen LogP contribution in [0.2, 0.25) is 0 Å². The number of urea groups is 1. The molecule has 0 aliphatic carbocycles. The second-order valence-corrected chi connectivity index (χ2v) is 7.89. The van der Waals surface area contributed by atoms with Crippen molar-refractivity contribution in [1.29, 1.82) is 0 Å². The van der Waals surface area contributed by atoms with Crippen LogP contribution in [0.1, 0.15) is 27.9 Å². The van der Waals surface area contributed by atoms with Gasteiger partial charge in [0.2, 0.25) is 0 Å². The molecule has 9 heteroatoms. The molecule has 1 N–H and O–H groups in total. The zero-order valence-corrected chi connectivity index (χ0v) is 18.0. The molecule has 5 nitrogen and oxygen atoms in total. The number of carbonyl (C=O) groups is 2. The molecule has 176 valence electrons. The van der Waals surface area contributed by atoms with Gasteiger partial charge in [-0.2, -0.15) is 13.2 Å². The van der Waals surface area contributed by atoms with Crippen LogP contribution in [0.5, 0.6) is 0 Å². The molecule has 34 heavy (non-hydrogen) atoms. The van der Waals surface area contributed by atoms with Gasteiger partial charge in [-0.15, -0.1) is 0 Å². The van der Waals surface area contributed by atoms with Gasteiger partial charge in [-0.05, 0) is 60.5 Å². The topological polar surface area (TPSA) is 52.7 Å². The summed E-state index contributed by atoms with van der Waals surface area (Å²) in [6.45, 7) is 0.956. The zero-order valence-electron chi connectivity index (χ0n) is 18.0. The van der Waals surface area contributed by atoms with Gasteiger partial charge in [0.1, 0.15) is 5.82 Å². The molecule has 0 radical (unpaired) electrons. The van der Waals surface area contributed by atoms with E-state index < -0.39 is 23.5 Å². The van der Waals surface area contributed by atoms with Gasteiger partial charge in [-0.25, -0.2) is 9.18 Å². The molecular formula is C25H21F4N3O2. The fourth-order valence-electron chi connectivity index (χ4n) is 3.80. The largest absolute Gasteiger partial charge is 0.416 e. The highest BCUT2D eigenvalue weighted by molar-refractivity contribution is 6.04. The monoisotopic (exact) mass is 471 g/mol. The van der Waals surface area contributed by atoms with E-state index in [4.69, 9.17) is 0 Å². The number of carbonyl (C=O) groups excluding carboxylic acids is 2. The van der Waals surface area contributed by atoms with Crippen molar-refractivity contribution in [3.05, 3.63) is 95.3 Å². The lowest BCUT2D eigenvalue weighted by molar-refractivity contribution is -0.137. The van der Waals surface area contributed by atoms with Gasteiger partial charge in [0.15, 0.2) is 0 Å². The molecule has 4 rings (SSSR count). The number of hydrogen-bond acceptors (Lipinski definition) is 2. The highest BCUT2D eigenvalue weighted by atomic mass is 19.4. The van der Waals surface area contributed by atoms with Crippen LogP contribution < -0.4 is 10.2 Å². The molecule has 1 fully saturated rings. The second-order valence-electron chi connectivity index (χ2n) is 7.89. The third kappa shape index (κ3) is 5.19. The summed E-state index contributed by atoms with van der Waals surface area (Å²) < 4.78 is 52.8. The average molecular weight is 471 g/mol. The molecule has 0 aromatic heterocycles. The third-order valence-corrected chi connectivity index (χ3v) is 5.49. The minimum absolute atomic E-state index is 0.0655. The van der Waals surface area contributed by atoms with Crippen molar-refractivity contribution < 1.29 is 27.2 Å². The Labute approximate surface area is 193 Å². The predicted molar refractivity (Wildman–Crippen MR) is 120 cm³/mol. The molecule has 1 heterocycles. The number of alkyl halides is 3. The number of amides is 3. The highest BCUT2D eigenvalue weighted by Gasteiger charge is 2.31. The molecule has 1 aliphatic rings. The molecule has 3 amide bonds. The molecule has 1 saturated heterocycles. The van der Waals surface area contributed by atoms with Crippen LogP contribution in [0.15, 0.2) is 72.8 Å². The zero-order chi connectivity index (χ0) is 24.3. The standard InChI is InChI=1S/C25H21F4N3O2/c26-22-8-2-1-7-21(22)23(33)30-19-9-11-20(12-10-19)32-14-4-13-31(24(32)34)16-17-5-3-6-18(15-17)25(27,28)29/h1-3,5-12,15H,4,13-14,16H2,(H,30,33). The molecule has 1 aliphatic heterocycles. The fraction of sp³-hybridized carbons (Fsp3) is 0.200. The lowest BCUT2D eigenvalue weighted by Gasteiger charge is -2.35. The van der Waals surface area contributed by atoms with Gasteiger partial charge in [-0.1, -0.05) is 24.3 Å². The van der Waals surface area contributed by atoms with Gasteiger partial charge >= 0.3 is 12.2 Å². The number of hydrogen-bond donors (Lipinski definition) is 1. The summed E-state index contributed by atoms with van der Waals surface area (Å²) in [6.07, 6.45) is -3.80. The van der Waals surface area contributed by atoms with Crippen LogP contribution in [-0.2, 0) is 12.7 Å². The van der Waals surface area contributed by atoms with Crippen LogP contribution in [0.4, 0.5) is 33.7 Å². The average Bonchev–Trinajstić information content (AvgIpc) is 2.81. The number of anilines is 2. The van der Waals surface area contributed by atoms with Crippen molar-refractivity contribution in [2.45, 2.75) is 19.1 Å². The van der Waals surface area contributed by atoms with Crippen molar-refractivity contribution >= 4 is 23.3 Å². The van der Waals surface area contributed by atoms with Crippen molar-refractivity contribution in [2.24, 2.45) is 0 Å². The Kier molecular flexibility index (Phi) is 6.54. The first kappa shape index (κ1) is 23.3. The molecule has 0 bridgehead atoms. The number of benzene rings is 3. The fourth-order valence-corrected chi connectivity index (χ4v) is 3.80. The summed E-state index contributed by atoms with van der Waals surface area (Å²) in [5, 5.41) is 2.61. The van der Waals surface area contributed by atoms with E-state index in [0.717, 1.165) is 12.1 Å². The minimum Gasteiger partial charge on any atom is -0.322 e. The Bertz CT molecular complexity index is 1200. The van der Waals surface area contributed by atoms with Crippen molar-refractivity contribution in [1.82, 2.24) is 4.90 Å². The van der Waals surface area contributed by atoms with Gasteiger partial charge in [0.25, 0.3) is 5.91 Å². The summed E-state index contributed by atoms with van der Waals surface area (Å²) in [7, 11) is 0. The molecule has 0 atom stereocenters. The second kappa shape index (κ2) is 9.54. The highest BCUT2D eigenvalue weighted by Crippen LogP contribution is 2.30. The Morgan fingerprint density at radius 3 is 2.38 bits per heavy atom. The van der Waals surface area contributed by atoms with Crippen molar-refractivity contribution in [3.63, 3.8) is 0 Å². The van der Waals surface area contributed by atoms with Crippen molar-refractivity contribution in [2.75, 3.05) is 23.3 Å². The molecular weight excluding hydrogens is 450 g/mol. The van der Waals surface area contributed by atoms with Crippen LogP contribution in [0, 0.1) is 5.82 Å². The van der Waals surface area contributed by atoms with E-state index in [9.17, 15) is 27.2 Å². The quantitative estimate of drug-likeness (QED) is 0.469. The Morgan fingerprint density at radius 2 is 1.68 bits per heavy atom. The minimum atomic E-state index is -4.45. The summed E-state index contributed by atoms with van der Waals surface area (Å²) in [4.78, 5) is 28.3. The summed E-state index contributed by atoms with van der Waals surface area (Å²) in [6, 6.07) is 16.8. The normalized spacial score (nSPS) is 14.3. The van der Waals surface area contributed by atoms with Crippen LogP contribution in [-0.4, -0.2) is 29.9 Å². The molecule has 3 aromatic carbocycles. The van der Waals surface area contributed by atoms with Gasteiger partial charge < -0.3 is 10.2 Å². The smallest absolute Gasteiger partial charge is 0.322 e. The summed E-state index contributed by atoms with van der Waals surface area (Å²) in [5.41, 5.74) is 0.587. The number of rotatable bonds is 5. The predicted octanol–water partition coefficient (Wildman–Crippen LogP) is 5.93. The third-order valence-electron chi connectivity index (χ3n) is 5.49. The van der Waals surface area contributed by atoms with Gasteiger partial charge in [0, 0.05) is 31.0 Å². The van der Waals surface area contributed by atoms with Gasteiger partial charge in [-0.3, -0.25) is 9.69 Å². The van der Waals surface area contributed by atoms with E-state index in [1.54, 1.807) is 41.3 Å². The lowest BCUT2D eigenvalue weighted by Crippen LogP contribution is -2.49. The van der Waals surface area contributed by atoms with E-state index in [1.165, 1.54) is 29.2 Å². The Morgan fingerprint density at radius 1 is 0.941 bits per heavy atom. The first-order valence-corrected chi connectivity index (χ1v) is 10.6. The first-order valence-electron chi connectivity index (χ1n) is 10.6. The molecule has 3 aromatic rings. The maximum atomic E-state index is 13.8. The van der Waals surface area contributed by atoms with Crippen LogP contribution >= 0.6 is 0 Å². The Balaban J connectivity index is 1.44. The molecule has 0 unspecified atom stereocenters. The number of halogens is 4. The van der Waals surface area contributed by atoms with E-state index in [-0.39, 0.29) is 18.1 Å². The SMILES string of the molecule is O=C(Nc1ccc(N2CCCN(Cc3cccc(C(F)(F)F)c3)C2=O)cc1)c1ccccc1F. The van der Waals surface area contributed by atoms with Gasteiger partial charge in [0.05, 0.1) is 11.1 Å². The number of nitrogens with one attached hydrogen (secondary N) is 1. The first-order chi connectivity index (χ1) is 16.2. The molecule has 0 spiro atoms. The number of nitrogens with zero attached hydrogens (tertiary/aromatic N) is 2. The van der Waals surface area contributed by atoms with E-state index in [0.29, 0.717) is 36.4 Å². The van der Waals surface area contributed by atoms with Crippen LogP contribution in [0.3, 0.4) is 0 Å². The maximum absolute atomic E-state index is 13.8. The van der Waals surface area contributed by atoms with Crippen LogP contribution in [0.25, 0.3) is 0 Å². The lowest BCUT2D eigenvalue weighted by atomic mass is 10.1. The maximum Gasteiger partial charge on any atom is 0.416 e. The van der Waals surface area contributed by atoms with E-state index in [2.05, 4.69) is 5.32 Å².